The number of benzene rings is 2. The van der Waals surface area contributed by atoms with E-state index in [0.717, 1.165) is 12.1 Å². The Morgan fingerprint density at radius 2 is 1.17 bits per heavy atom. The molecular formula is C33H40O20. The van der Waals surface area contributed by atoms with Gasteiger partial charge in [0.2, 0.25) is 6.29 Å². The Hall–Kier alpha value is -3.55. The van der Waals surface area contributed by atoms with Gasteiger partial charge in [0.05, 0.1) is 25.4 Å². The number of rotatable bonds is 9. The van der Waals surface area contributed by atoms with E-state index in [2.05, 4.69) is 0 Å². The van der Waals surface area contributed by atoms with Crippen LogP contribution in [-0.2, 0) is 18.9 Å². The van der Waals surface area contributed by atoms with Crippen molar-refractivity contribution in [3.05, 3.63) is 52.2 Å². The number of fused-ring (bicyclic) bond motifs is 1. The maximum Gasteiger partial charge on any atom is 0.229 e. The van der Waals surface area contributed by atoms with Crippen molar-refractivity contribution in [3.63, 3.8) is 0 Å². The highest BCUT2D eigenvalue weighted by Crippen LogP contribution is 2.46. The molecule has 0 bridgehead atoms. The predicted octanol–water partition coefficient (Wildman–Crippen LogP) is -4.61. The number of aliphatic hydroxyl groups is 11. The van der Waals surface area contributed by atoms with Crippen molar-refractivity contribution in [2.24, 2.45) is 0 Å². The van der Waals surface area contributed by atoms with Crippen LogP contribution in [0.3, 0.4) is 0 Å². The van der Waals surface area contributed by atoms with Gasteiger partial charge >= 0.3 is 0 Å². The van der Waals surface area contributed by atoms with E-state index in [0.29, 0.717) is 5.56 Å². The lowest BCUT2D eigenvalue weighted by Crippen LogP contribution is -2.62. The highest BCUT2D eigenvalue weighted by molar-refractivity contribution is 5.88. The third-order valence-corrected chi connectivity index (χ3v) is 9.51. The molecule has 3 fully saturated rings. The van der Waals surface area contributed by atoms with Crippen LogP contribution in [0.5, 0.6) is 17.2 Å². The Balaban J connectivity index is 1.38. The lowest BCUT2D eigenvalue weighted by molar-refractivity contribution is -0.323. The predicted molar refractivity (Wildman–Crippen MR) is 171 cm³/mol. The second kappa shape index (κ2) is 15.7. The van der Waals surface area contributed by atoms with E-state index < -0.39 is 140 Å². The molecule has 15 atom stereocenters. The zero-order chi connectivity index (χ0) is 38.5. The van der Waals surface area contributed by atoms with E-state index in [1.54, 1.807) is 0 Å². The van der Waals surface area contributed by atoms with Gasteiger partial charge in [-0.25, -0.2) is 0 Å². The summed E-state index contributed by atoms with van der Waals surface area (Å²) in [5.41, 5.74) is -1.38. The van der Waals surface area contributed by atoms with Crippen molar-refractivity contribution in [3.8, 4) is 28.6 Å². The van der Waals surface area contributed by atoms with Gasteiger partial charge in [-0.15, -0.1) is 0 Å². The Morgan fingerprint density at radius 1 is 0.623 bits per heavy atom. The topological polar surface area (TPSA) is 339 Å². The fraction of sp³-hybridized carbons (Fsp3) is 0.545. The monoisotopic (exact) mass is 756 g/mol. The zero-order valence-corrected chi connectivity index (χ0v) is 27.4. The van der Waals surface area contributed by atoms with Gasteiger partial charge < -0.3 is 94.5 Å². The van der Waals surface area contributed by atoms with Crippen LogP contribution in [0.2, 0.25) is 0 Å². The molecule has 0 unspecified atom stereocenters. The number of hydrogen-bond acceptors (Lipinski definition) is 20. The first-order chi connectivity index (χ1) is 25.2. The van der Waals surface area contributed by atoms with Crippen molar-refractivity contribution >= 4 is 11.0 Å². The number of aromatic hydroxyl groups is 2. The third-order valence-electron chi connectivity index (χ3n) is 9.51. The van der Waals surface area contributed by atoms with Gasteiger partial charge in [0.15, 0.2) is 11.7 Å². The number of ether oxygens (including phenoxy) is 5. The van der Waals surface area contributed by atoms with Crippen LogP contribution in [-0.4, -0.2) is 172 Å². The van der Waals surface area contributed by atoms with E-state index in [1.165, 1.54) is 24.3 Å². The Kier molecular flexibility index (Phi) is 11.6. The summed E-state index contributed by atoms with van der Waals surface area (Å²) in [4.78, 5) is 13.4. The SMILES string of the molecule is O=c1cc(-c2ccc(O)cc2)oc2cc(O[C@@H]3O[C@H](CO[C@H]4O[C@H](CO)[C@@H](O)[C@H](O)[C@H]4O)[C@@H](O)[C@H](O)[C@H]3O)c([C@@H]3O[C@H](CO)[C@@H](O)[C@H](O)[C@H]3O)c(O)c12. The zero-order valence-electron chi connectivity index (χ0n) is 27.4. The van der Waals surface area contributed by atoms with E-state index in [-0.39, 0.29) is 17.1 Å². The van der Waals surface area contributed by atoms with Gasteiger partial charge in [0.1, 0.15) is 113 Å². The summed E-state index contributed by atoms with van der Waals surface area (Å²) in [7, 11) is 0. The maximum absolute atomic E-state index is 13.4. The van der Waals surface area contributed by atoms with E-state index >= 15 is 0 Å². The van der Waals surface area contributed by atoms with Crippen LogP contribution in [0.15, 0.2) is 45.6 Å². The van der Waals surface area contributed by atoms with Crippen molar-refractivity contribution < 1.29 is 94.5 Å². The Labute approximate surface area is 298 Å². The van der Waals surface area contributed by atoms with Crippen molar-refractivity contribution in [2.45, 2.75) is 91.9 Å². The van der Waals surface area contributed by atoms with Crippen LogP contribution in [0.1, 0.15) is 11.7 Å². The maximum atomic E-state index is 13.4. The molecule has 0 radical (unpaired) electrons. The summed E-state index contributed by atoms with van der Waals surface area (Å²) in [6, 6.07) is 7.58. The van der Waals surface area contributed by atoms with Gasteiger partial charge in [-0.1, -0.05) is 0 Å². The molecule has 4 heterocycles. The van der Waals surface area contributed by atoms with Crippen molar-refractivity contribution in [1.29, 1.82) is 0 Å². The van der Waals surface area contributed by atoms with E-state index in [9.17, 15) is 71.2 Å². The molecule has 0 aliphatic carbocycles. The molecule has 0 spiro atoms. The van der Waals surface area contributed by atoms with Gasteiger partial charge in [-0.3, -0.25) is 4.79 Å². The molecule has 20 heteroatoms. The van der Waals surface area contributed by atoms with Crippen LogP contribution < -0.4 is 10.2 Å². The average molecular weight is 757 g/mol. The molecule has 1 aromatic heterocycles. The number of hydrogen-bond donors (Lipinski definition) is 13. The standard InChI is InChI=1S/C33H40O20/c34-7-16-21(38)25(42)28(45)31(50-16)20-15(6-14-19(24(20)41)12(37)5-13(49-14)10-1-3-11(36)4-2-10)51-33-30(47)27(44)23(40)18(53-33)9-48-32-29(46)26(43)22(39)17(8-35)52-32/h1-6,16-18,21-23,25-36,38-47H,7-9H2/t16-,17-,18-,21-,22-,23-,25+,26+,27+,28-,29-,30-,31+,32+,33-/m1/s1. The molecule has 292 valence electrons. The smallest absolute Gasteiger partial charge is 0.229 e. The van der Waals surface area contributed by atoms with Crippen molar-refractivity contribution in [1.82, 2.24) is 0 Å². The minimum absolute atomic E-state index is 0.0358. The summed E-state index contributed by atoms with van der Waals surface area (Å²) in [5, 5.41) is 135. The quantitative estimate of drug-likeness (QED) is 0.0976. The minimum Gasteiger partial charge on any atom is -0.508 e. The summed E-state index contributed by atoms with van der Waals surface area (Å²) < 4.78 is 33.9. The molecule has 2 aromatic carbocycles. The molecule has 53 heavy (non-hydrogen) atoms. The first-order valence-corrected chi connectivity index (χ1v) is 16.4. The molecule has 13 N–H and O–H groups in total. The van der Waals surface area contributed by atoms with Crippen LogP contribution in [0.4, 0.5) is 0 Å². The van der Waals surface area contributed by atoms with Crippen LogP contribution >= 0.6 is 0 Å². The van der Waals surface area contributed by atoms with Gasteiger partial charge in [-0.05, 0) is 24.3 Å². The molecule has 6 rings (SSSR count). The van der Waals surface area contributed by atoms with Crippen LogP contribution in [0.25, 0.3) is 22.3 Å². The molecule has 3 aliphatic heterocycles. The largest absolute Gasteiger partial charge is 0.508 e. The molecule has 3 aromatic rings. The summed E-state index contributed by atoms with van der Waals surface area (Å²) in [5.74, 6) is -1.58. The van der Waals surface area contributed by atoms with Gasteiger partial charge in [-0.2, -0.15) is 0 Å². The molecular weight excluding hydrogens is 716 g/mol. The fourth-order valence-electron chi connectivity index (χ4n) is 6.45. The summed E-state index contributed by atoms with van der Waals surface area (Å²) >= 11 is 0. The fourth-order valence-corrected chi connectivity index (χ4v) is 6.45. The number of aliphatic hydroxyl groups excluding tert-OH is 11. The molecule has 20 nitrogen and oxygen atoms in total. The minimum atomic E-state index is -2.05. The summed E-state index contributed by atoms with van der Waals surface area (Å²) in [6.45, 7) is -2.35. The lowest BCUT2D eigenvalue weighted by Gasteiger charge is -2.43. The number of phenols is 2. The highest BCUT2D eigenvalue weighted by atomic mass is 16.7. The van der Waals surface area contributed by atoms with Crippen LogP contribution in [0, 0.1) is 0 Å². The molecule has 3 saturated heterocycles. The second-order valence-electron chi connectivity index (χ2n) is 12.9. The van der Waals surface area contributed by atoms with Gasteiger partial charge in [0, 0.05) is 17.7 Å². The molecule has 0 amide bonds. The molecule has 3 aliphatic rings. The van der Waals surface area contributed by atoms with E-state index in [4.69, 9.17) is 28.1 Å². The van der Waals surface area contributed by atoms with Gasteiger partial charge in [0.25, 0.3) is 0 Å². The number of phenolic OH excluding ortho intramolecular Hbond substituents is 2. The first-order valence-electron chi connectivity index (χ1n) is 16.4. The second-order valence-corrected chi connectivity index (χ2v) is 12.9. The third kappa shape index (κ3) is 7.33. The Morgan fingerprint density at radius 3 is 1.79 bits per heavy atom. The van der Waals surface area contributed by atoms with E-state index in [1.807, 2.05) is 0 Å². The molecule has 0 saturated carbocycles. The Bertz CT molecular complexity index is 1780. The average Bonchev–Trinajstić information content (AvgIpc) is 3.14. The highest BCUT2D eigenvalue weighted by Gasteiger charge is 2.50. The summed E-state index contributed by atoms with van der Waals surface area (Å²) in [6.07, 6.45) is -27.0. The normalized spacial score (nSPS) is 37.8. The lowest BCUT2D eigenvalue weighted by atomic mass is 9.89. The first kappa shape index (κ1) is 39.2. The van der Waals surface area contributed by atoms with Crippen molar-refractivity contribution in [2.75, 3.05) is 19.8 Å².